The molecule has 0 heterocycles. The van der Waals surface area contributed by atoms with Gasteiger partial charge in [-0.1, -0.05) is 19.1 Å². The van der Waals surface area contributed by atoms with E-state index in [0.29, 0.717) is 5.71 Å². The van der Waals surface area contributed by atoms with Crippen molar-refractivity contribution in [2.24, 2.45) is 16.6 Å². The number of ketones is 1. The Morgan fingerprint density at radius 2 is 2.23 bits per heavy atom. The highest BCUT2D eigenvalue weighted by Gasteiger charge is 2.15. The summed E-state index contributed by atoms with van der Waals surface area (Å²) in [7, 11) is 1.60. The summed E-state index contributed by atoms with van der Waals surface area (Å²) in [5, 5.41) is 0. The lowest BCUT2D eigenvalue weighted by Crippen LogP contribution is -2.28. The van der Waals surface area contributed by atoms with Gasteiger partial charge in [0.2, 0.25) is 0 Å². The zero-order valence-corrected chi connectivity index (χ0v) is 8.58. The molecule has 0 saturated carbocycles. The number of Topliss-reactive ketones (excluding diaryl/α,β-unsaturated/α-hetero) is 1. The average molecular weight is 182 g/mol. The molecule has 1 atom stereocenters. The lowest BCUT2D eigenvalue weighted by molar-refractivity contribution is -0.116. The Hall–Kier alpha value is -0.960. The van der Waals surface area contributed by atoms with Crippen LogP contribution in [0, 0.1) is 5.92 Å². The Labute approximate surface area is 79.7 Å². The number of rotatable bonds is 5. The molecule has 74 valence electrons. The van der Waals surface area contributed by atoms with Crippen molar-refractivity contribution in [2.75, 3.05) is 13.6 Å². The van der Waals surface area contributed by atoms with Gasteiger partial charge in [0, 0.05) is 19.5 Å². The van der Waals surface area contributed by atoms with E-state index in [1.807, 2.05) is 26.0 Å². The van der Waals surface area contributed by atoms with Crippen LogP contribution in [0.5, 0.6) is 0 Å². The van der Waals surface area contributed by atoms with Crippen LogP contribution in [0.3, 0.4) is 0 Å². The summed E-state index contributed by atoms with van der Waals surface area (Å²) in [6.07, 6.45) is 4.68. The first-order chi connectivity index (χ1) is 6.17. The van der Waals surface area contributed by atoms with Crippen LogP contribution in [0.15, 0.2) is 17.1 Å². The zero-order valence-electron chi connectivity index (χ0n) is 8.58. The quantitative estimate of drug-likeness (QED) is 0.513. The van der Waals surface area contributed by atoms with E-state index in [2.05, 4.69) is 4.99 Å². The Morgan fingerprint density at radius 1 is 1.62 bits per heavy atom. The molecular formula is C10H18N2O. The first-order valence-electron chi connectivity index (χ1n) is 4.48. The van der Waals surface area contributed by atoms with Crippen LogP contribution in [0.25, 0.3) is 0 Å². The largest absolute Gasteiger partial charge is 0.325 e. The van der Waals surface area contributed by atoms with Crippen LogP contribution in [0.4, 0.5) is 0 Å². The molecule has 2 N–H and O–H groups in total. The molecule has 3 heteroatoms. The summed E-state index contributed by atoms with van der Waals surface area (Å²) in [4.78, 5) is 15.4. The highest BCUT2D eigenvalue weighted by atomic mass is 16.1. The monoisotopic (exact) mass is 182 g/mol. The number of aliphatic imine (C=N–C) groups is 1. The van der Waals surface area contributed by atoms with Crippen LogP contribution in [0.1, 0.15) is 20.3 Å². The highest BCUT2D eigenvalue weighted by Crippen LogP contribution is 2.05. The molecule has 0 unspecified atom stereocenters. The standard InChI is InChI=1S/C10H18N2O/c1-4-5-6-8(2)10(13)9(7-11)12-3/h4-5,8H,6-7,11H2,1-3H3/t8-/m1/s1. The van der Waals surface area contributed by atoms with Crippen molar-refractivity contribution < 1.29 is 4.79 Å². The molecule has 0 aromatic rings. The van der Waals surface area contributed by atoms with Gasteiger partial charge in [-0.15, -0.1) is 0 Å². The summed E-state index contributed by atoms with van der Waals surface area (Å²) in [6, 6.07) is 0. The molecule has 0 amide bonds. The molecule has 0 aliphatic rings. The third-order valence-corrected chi connectivity index (χ3v) is 1.92. The molecule has 0 saturated heterocycles. The minimum absolute atomic E-state index is 0.0153. The van der Waals surface area contributed by atoms with E-state index in [4.69, 9.17) is 5.73 Å². The second kappa shape index (κ2) is 6.54. The van der Waals surface area contributed by atoms with Crippen molar-refractivity contribution in [2.45, 2.75) is 20.3 Å². The molecule has 0 spiro atoms. The van der Waals surface area contributed by atoms with E-state index in [0.717, 1.165) is 6.42 Å². The van der Waals surface area contributed by atoms with Crippen molar-refractivity contribution in [3.05, 3.63) is 12.2 Å². The van der Waals surface area contributed by atoms with Gasteiger partial charge in [0.25, 0.3) is 0 Å². The van der Waals surface area contributed by atoms with E-state index in [1.54, 1.807) is 7.05 Å². The molecule has 0 aromatic carbocycles. The van der Waals surface area contributed by atoms with E-state index in [9.17, 15) is 4.79 Å². The minimum Gasteiger partial charge on any atom is -0.325 e. The maximum Gasteiger partial charge on any atom is 0.180 e. The summed E-state index contributed by atoms with van der Waals surface area (Å²) >= 11 is 0. The number of carbonyl (C=O) groups is 1. The van der Waals surface area contributed by atoms with E-state index in [1.165, 1.54) is 0 Å². The van der Waals surface area contributed by atoms with Crippen LogP contribution >= 0.6 is 0 Å². The Kier molecular flexibility index (Phi) is 6.06. The maximum absolute atomic E-state index is 11.6. The van der Waals surface area contributed by atoms with Gasteiger partial charge in [-0.2, -0.15) is 0 Å². The van der Waals surface area contributed by atoms with Crippen LogP contribution < -0.4 is 5.73 Å². The fraction of sp³-hybridized carbons (Fsp3) is 0.600. The van der Waals surface area contributed by atoms with E-state index >= 15 is 0 Å². The van der Waals surface area contributed by atoms with E-state index < -0.39 is 0 Å². The molecular weight excluding hydrogens is 164 g/mol. The molecule has 0 rings (SSSR count). The third kappa shape index (κ3) is 3.99. The van der Waals surface area contributed by atoms with Gasteiger partial charge in [-0.3, -0.25) is 9.79 Å². The molecule has 13 heavy (non-hydrogen) atoms. The van der Waals surface area contributed by atoms with Gasteiger partial charge < -0.3 is 5.73 Å². The first-order valence-corrected chi connectivity index (χ1v) is 4.48. The molecule has 0 aromatic heterocycles. The van der Waals surface area contributed by atoms with Gasteiger partial charge in [0.15, 0.2) is 5.78 Å². The second-order valence-electron chi connectivity index (χ2n) is 2.94. The minimum atomic E-state index is -0.0153. The lowest BCUT2D eigenvalue weighted by atomic mass is 9.98. The van der Waals surface area contributed by atoms with Crippen molar-refractivity contribution in [3.63, 3.8) is 0 Å². The fourth-order valence-electron chi connectivity index (χ4n) is 1.03. The van der Waals surface area contributed by atoms with Crippen LogP contribution in [0.2, 0.25) is 0 Å². The normalized spacial score (nSPS) is 14.9. The number of nitrogens with zero attached hydrogens (tertiary/aromatic N) is 1. The topological polar surface area (TPSA) is 55.5 Å². The summed E-state index contributed by atoms with van der Waals surface area (Å²) in [6.45, 7) is 4.06. The van der Waals surface area contributed by atoms with Gasteiger partial charge in [-0.25, -0.2) is 0 Å². The second-order valence-corrected chi connectivity index (χ2v) is 2.94. The number of allylic oxidation sites excluding steroid dienone is 2. The van der Waals surface area contributed by atoms with Crippen molar-refractivity contribution in [3.8, 4) is 0 Å². The van der Waals surface area contributed by atoms with Gasteiger partial charge in [-0.05, 0) is 13.3 Å². The lowest BCUT2D eigenvalue weighted by Gasteiger charge is -2.07. The average Bonchev–Trinajstić information content (AvgIpc) is 2.15. The zero-order chi connectivity index (χ0) is 10.3. The smallest absolute Gasteiger partial charge is 0.180 e. The SMILES string of the molecule is CC=CC[C@@H](C)C(=O)C(CN)=NC. The third-order valence-electron chi connectivity index (χ3n) is 1.92. The van der Waals surface area contributed by atoms with E-state index in [-0.39, 0.29) is 18.2 Å². The molecule has 0 radical (unpaired) electrons. The predicted octanol–water partition coefficient (Wildman–Crippen LogP) is 1.19. The van der Waals surface area contributed by atoms with Gasteiger partial charge >= 0.3 is 0 Å². The number of hydrogen-bond donors (Lipinski definition) is 1. The van der Waals surface area contributed by atoms with Crippen LogP contribution in [-0.4, -0.2) is 25.1 Å². The maximum atomic E-state index is 11.6. The Morgan fingerprint density at radius 3 is 2.62 bits per heavy atom. The molecule has 0 aliphatic carbocycles. The molecule has 0 aliphatic heterocycles. The molecule has 3 nitrogen and oxygen atoms in total. The number of hydrogen-bond acceptors (Lipinski definition) is 3. The number of carbonyl (C=O) groups excluding carboxylic acids is 1. The van der Waals surface area contributed by atoms with Crippen molar-refractivity contribution in [1.29, 1.82) is 0 Å². The number of nitrogens with two attached hydrogens (primary N) is 1. The summed E-state index contributed by atoms with van der Waals surface area (Å²) in [5.74, 6) is 0.0431. The van der Waals surface area contributed by atoms with Gasteiger partial charge in [0.1, 0.15) is 0 Å². The van der Waals surface area contributed by atoms with Crippen molar-refractivity contribution >= 4 is 11.5 Å². The summed E-state index contributed by atoms with van der Waals surface area (Å²) < 4.78 is 0. The first kappa shape index (κ1) is 12.0. The molecule has 0 fully saturated rings. The fourth-order valence-corrected chi connectivity index (χ4v) is 1.03. The highest BCUT2D eigenvalue weighted by molar-refractivity contribution is 6.41. The van der Waals surface area contributed by atoms with Crippen molar-refractivity contribution in [1.82, 2.24) is 0 Å². The Bertz CT molecular complexity index is 219. The molecule has 0 bridgehead atoms. The van der Waals surface area contributed by atoms with Crippen LogP contribution in [-0.2, 0) is 4.79 Å². The predicted molar refractivity (Wildman–Crippen MR) is 56.0 cm³/mol. The van der Waals surface area contributed by atoms with Gasteiger partial charge in [0.05, 0.1) is 5.71 Å². The summed E-state index contributed by atoms with van der Waals surface area (Å²) in [5.41, 5.74) is 5.86. The Balaban J connectivity index is 4.24.